The molecule has 1 atom stereocenters. The van der Waals surface area contributed by atoms with Crippen molar-refractivity contribution >= 4 is 5.91 Å². The fourth-order valence-corrected chi connectivity index (χ4v) is 2.05. The van der Waals surface area contributed by atoms with Crippen molar-refractivity contribution in [2.24, 2.45) is 5.73 Å². The van der Waals surface area contributed by atoms with E-state index in [2.05, 4.69) is 9.88 Å². The number of pyridine rings is 1. The first-order valence-corrected chi connectivity index (χ1v) is 5.23. The van der Waals surface area contributed by atoms with Crippen LogP contribution in [-0.4, -0.2) is 28.9 Å². The summed E-state index contributed by atoms with van der Waals surface area (Å²) in [5.74, 6) is -0.310. The number of amides is 1. The average Bonchev–Trinajstić information content (AvgIpc) is 2.72. The van der Waals surface area contributed by atoms with Gasteiger partial charge in [0, 0.05) is 6.20 Å². The number of nitrogens with zero attached hydrogens (tertiary/aromatic N) is 2. The number of primary amides is 1. The first kappa shape index (κ1) is 10.1. The lowest BCUT2D eigenvalue weighted by Crippen LogP contribution is -2.36. The van der Waals surface area contributed by atoms with Gasteiger partial charge in [-0.25, -0.2) is 0 Å². The van der Waals surface area contributed by atoms with Crippen LogP contribution in [0.4, 0.5) is 0 Å². The fourth-order valence-electron chi connectivity index (χ4n) is 2.05. The van der Waals surface area contributed by atoms with Gasteiger partial charge in [0.1, 0.15) is 6.04 Å². The van der Waals surface area contributed by atoms with E-state index >= 15 is 0 Å². The highest BCUT2D eigenvalue weighted by molar-refractivity contribution is 5.80. The predicted molar refractivity (Wildman–Crippen MR) is 57.0 cm³/mol. The smallest absolute Gasteiger partial charge is 0.241 e. The van der Waals surface area contributed by atoms with Crippen molar-refractivity contribution < 1.29 is 4.79 Å². The summed E-state index contributed by atoms with van der Waals surface area (Å²) in [5, 5.41) is 0. The molecule has 0 radical (unpaired) electrons. The number of carbonyl (C=O) groups excluding carboxylic acids is 1. The van der Waals surface area contributed by atoms with Gasteiger partial charge in [-0.3, -0.25) is 14.7 Å². The Labute approximate surface area is 89.1 Å². The van der Waals surface area contributed by atoms with Crippen LogP contribution in [0.1, 0.15) is 24.6 Å². The molecule has 2 heterocycles. The summed E-state index contributed by atoms with van der Waals surface area (Å²) in [6, 6.07) is 5.22. The second-order valence-electron chi connectivity index (χ2n) is 3.80. The van der Waals surface area contributed by atoms with Crippen LogP contribution in [0, 0.1) is 0 Å². The minimum absolute atomic E-state index is 0.310. The van der Waals surface area contributed by atoms with Gasteiger partial charge in [-0.15, -0.1) is 0 Å². The van der Waals surface area contributed by atoms with Crippen LogP contribution in [0.5, 0.6) is 0 Å². The maximum Gasteiger partial charge on any atom is 0.241 e. The Kier molecular flexibility index (Phi) is 2.97. The zero-order chi connectivity index (χ0) is 10.7. The zero-order valence-electron chi connectivity index (χ0n) is 8.60. The van der Waals surface area contributed by atoms with Crippen LogP contribution in [-0.2, 0) is 4.79 Å². The highest BCUT2D eigenvalue weighted by atomic mass is 16.1. The van der Waals surface area contributed by atoms with Gasteiger partial charge >= 0.3 is 0 Å². The van der Waals surface area contributed by atoms with Crippen LogP contribution in [0.15, 0.2) is 24.4 Å². The van der Waals surface area contributed by atoms with Gasteiger partial charge in [0.15, 0.2) is 0 Å². The Hall–Kier alpha value is -1.42. The third-order valence-electron chi connectivity index (χ3n) is 2.74. The predicted octanol–water partition coefficient (Wildman–Crippen LogP) is 0.704. The molecule has 80 valence electrons. The lowest BCUT2D eigenvalue weighted by molar-refractivity contribution is -0.123. The molecule has 0 bridgehead atoms. The molecule has 2 rings (SSSR count). The minimum atomic E-state index is -0.353. The molecule has 1 amide bonds. The van der Waals surface area contributed by atoms with Crippen LogP contribution < -0.4 is 5.73 Å². The number of aromatic nitrogens is 1. The lowest BCUT2D eigenvalue weighted by Gasteiger charge is -2.23. The molecular weight excluding hydrogens is 190 g/mol. The van der Waals surface area contributed by atoms with Gasteiger partial charge in [0.05, 0.1) is 5.69 Å². The van der Waals surface area contributed by atoms with Crippen molar-refractivity contribution in [1.82, 2.24) is 9.88 Å². The third kappa shape index (κ3) is 2.15. The number of hydrogen-bond acceptors (Lipinski definition) is 3. The van der Waals surface area contributed by atoms with E-state index in [1.807, 2.05) is 18.2 Å². The van der Waals surface area contributed by atoms with Crippen LogP contribution >= 0.6 is 0 Å². The molecule has 1 aromatic heterocycles. The Bertz CT molecular complexity index is 333. The Balaban J connectivity index is 2.23. The topological polar surface area (TPSA) is 59.2 Å². The van der Waals surface area contributed by atoms with Crippen molar-refractivity contribution in [2.45, 2.75) is 18.9 Å². The van der Waals surface area contributed by atoms with Crippen molar-refractivity contribution in [3.63, 3.8) is 0 Å². The number of nitrogens with two attached hydrogens (primary N) is 1. The lowest BCUT2D eigenvalue weighted by atomic mass is 10.1. The second-order valence-corrected chi connectivity index (χ2v) is 3.80. The first-order valence-electron chi connectivity index (χ1n) is 5.23. The molecule has 1 aromatic rings. The van der Waals surface area contributed by atoms with E-state index in [4.69, 9.17) is 5.73 Å². The summed E-state index contributed by atoms with van der Waals surface area (Å²) in [4.78, 5) is 17.7. The van der Waals surface area contributed by atoms with E-state index in [1.165, 1.54) is 0 Å². The Morgan fingerprint density at radius 3 is 2.67 bits per heavy atom. The van der Waals surface area contributed by atoms with Crippen molar-refractivity contribution in [1.29, 1.82) is 0 Å². The van der Waals surface area contributed by atoms with Gasteiger partial charge in [0.2, 0.25) is 5.91 Å². The molecule has 0 aliphatic carbocycles. The van der Waals surface area contributed by atoms with E-state index in [9.17, 15) is 4.79 Å². The summed E-state index contributed by atoms with van der Waals surface area (Å²) >= 11 is 0. The highest BCUT2D eigenvalue weighted by Crippen LogP contribution is 2.22. The molecule has 0 saturated carbocycles. The maximum atomic E-state index is 11.4. The van der Waals surface area contributed by atoms with E-state index in [0.717, 1.165) is 31.6 Å². The molecule has 1 fully saturated rings. The molecule has 4 heteroatoms. The quantitative estimate of drug-likeness (QED) is 0.790. The van der Waals surface area contributed by atoms with Crippen molar-refractivity contribution in [3.8, 4) is 0 Å². The normalized spacial score (nSPS) is 18.9. The monoisotopic (exact) mass is 205 g/mol. The SMILES string of the molecule is NC(=O)C(c1ccccn1)N1CCCC1. The van der Waals surface area contributed by atoms with Gasteiger partial charge in [-0.1, -0.05) is 6.07 Å². The Morgan fingerprint density at radius 1 is 1.40 bits per heavy atom. The molecule has 4 nitrogen and oxygen atoms in total. The van der Waals surface area contributed by atoms with Crippen molar-refractivity contribution in [2.75, 3.05) is 13.1 Å². The van der Waals surface area contributed by atoms with Crippen LogP contribution in [0.3, 0.4) is 0 Å². The van der Waals surface area contributed by atoms with Gasteiger partial charge in [-0.05, 0) is 38.1 Å². The summed E-state index contributed by atoms with van der Waals surface area (Å²) in [6.45, 7) is 1.87. The van der Waals surface area contributed by atoms with Crippen LogP contribution in [0.2, 0.25) is 0 Å². The number of carbonyl (C=O) groups is 1. The molecule has 1 aliphatic rings. The summed E-state index contributed by atoms with van der Waals surface area (Å²) in [6.07, 6.45) is 3.97. The molecule has 1 aliphatic heterocycles. The molecule has 0 aromatic carbocycles. The molecule has 15 heavy (non-hydrogen) atoms. The van der Waals surface area contributed by atoms with E-state index in [1.54, 1.807) is 6.20 Å². The number of hydrogen-bond donors (Lipinski definition) is 1. The van der Waals surface area contributed by atoms with Gasteiger partial charge < -0.3 is 5.73 Å². The molecule has 1 unspecified atom stereocenters. The largest absolute Gasteiger partial charge is 0.368 e. The molecular formula is C11H15N3O. The number of rotatable bonds is 3. The molecule has 2 N–H and O–H groups in total. The second kappa shape index (κ2) is 4.40. The number of likely N-dealkylation sites (tertiary alicyclic amines) is 1. The summed E-state index contributed by atoms with van der Waals surface area (Å²) < 4.78 is 0. The minimum Gasteiger partial charge on any atom is -0.368 e. The molecule has 1 saturated heterocycles. The maximum absolute atomic E-state index is 11.4. The fraction of sp³-hybridized carbons (Fsp3) is 0.455. The highest BCUT2D eigenvalue weighted by Gasteiger charge is 2.28. The summed E-state index contributed by atoms with van der Waals surface area (Å²) in [5.41, 5.74) is 6.18. The first-order chi connectivity index (χ1) is 7.29. The van der Waals surface area contributed by atoms with Crippen molar-refractivity contribution in [3.05, 3.63) is 30.1 Å². The van der Waals surface area contributed by atoms with Gasteiger partial charge in [-0.2, -0.15) is 0 Å². The van der Waals surface area contributed by atoms with Gasteiger partial charge in [0.25, 0.3) is 0 Å². The molecule has 0 spiro atoms. The Morgan fingerprint density at radius 2 is 2.13 bits per heavy atom. The van der Waals surface area contributed by atoms with Crippen LogP contribution in [0.25, 0.3) is 0 Å². The third-order valence-corrected chi connectivity index (χ3v) is 2.74. The standard InChI is InChI=1S/C11H15N3O/c12-11(15)10(14-7-3-4-8-14)9-5-1-2-6-13-9/h1-2,5-6,10H,3-4,7-8H2,(H2,12,15). The van der Waals surface area contributed by atoms with E-state index < -0.39 is 0 Å². The van der Waals surface area contributed by atoms with E-state index in [-0.39, 0.29) is 11.9 Å². The van der Waals surface area contributed by atoms with E-state index in [0.29, 0.717) is 0 Å². The zero-order valence-corrected chi connectivity index (χ0v) is 8.60. The average molecular weight is 205 g/mol. The summed E-state index contributed by atoms with van der Waals surface area (Å²) in [7, 11) is 0.